The number of rotatable bonds is 8. The Bertz CT molecular complexity index is 590. The number of aliphatic imine (C=N–C) groups is 1. The highest BCUT2D eigenvalue weighted by Gasteiger charge is 2.23. The molecule has 164 valence electrons. The molecule has 3 rings (SSSR count). The predicted octanol–water partition coefficient (Wildman–Crippen LogP) is 1.31. The number of guanidine groups is 1. The topological polar surface area (TPSA) is 55.4 Å². The molecule has 0 spiro atoms. The van der Waals surface area contributed by atoms with Crippen molar-refractivity contribution in [3.63, 3.8) is 0 Å². The van der Waals surface area contributed by atoms with Gasteiger partial charge in [0, 0.05) is 50.7 Å². The van der Waals surface area contributed by atoms with E-state index in [0.717, 1.165) is 71.5 Å². The number of nitrogens with one attached hydrogen (secondary N) is 2. The fourth-order valence-electron chi connectivity index (χ4n) is 3.93. The maximum Gasteiger partial charge on any atom is 0.191 e. The predicted molar refractivity (Wildman–Crippen MR) is 122 cm³/mol. The van der Waals surface area contributed by atoms with Gasteiger partial charge in [0.15, 0.2) is 5.96 Å². The van der Waals surface area contributed by atoms with Gasteiger partial charge in [-0.2, -0.15) is 0 Å². The second-order valence-electron chi connectivity index (χ2n) is 7.82. The number of nitrogens with zero attached hydrogens (tertiary/aromatic N) is 4. The molecule has 1 aromatic heterocycles. The largest absolute Gasteiger partial charge is 0.379 e. The van der Waals surface area contributed by atoms with Gasteiger partial charge in [-0.05, 0) is 44.9 Å². The summed E-state index contributed by atoms with van der Waals surface area (Å²) in [5.74, 6) is 0.925. The van der Waals surface area contributed by atoms with Crippen LogP contribution in [0, 0.1) is 0 Å². The summed E-state index contributed by atoms with van der Waals surface area (Å²) in [5.41, 5.74) is 0. The van der Waals surface area contributed by atoms with Crippen LogP contribution >= 0.6 is 11.3 Å². The molecule has 0 radical (unpaired) electrons. The van der Waals surface area contributed by atoms with Crippen molar-refractivity contribution < 1.29 is 4.74 Å². The maximum absolute atomic E-state index is 5.55. The number of morpholine rings is 1. The molecule has 2 fully saturated rings. The van der Waals surface area contributed by atoms with Crippen LogP contribution in [0.2, 0.25) is 0 Å². The number of thiophene rings is 1. The molecule has 2 N–H and O–H groups in total. The Balaban J connectivity index is 1.53. The quantitative estimate of drug-likeness (QED) is 0.487. The second kappa shape index (κ2) is 12.5. The van der Waals surface area contributed by atoms with E-state index in [2.05, 4.69) is 56.8 Å². The van der Waals surface area contributed by atoms with Gasteiger partial charge in [0.1, 0.15) is 0 Å². The monoisotopic (exact) mass is 422 g/mol. The highest BCUT2D eigenvalue weighted by atomic mass is 32.1. The minimum absolute atomic E-state index is 0.329. The summed E-state index contributed by atoms with van der Waals surface area (Å²) in [4.78, 5) is 13.8. The number of ether oxygens (including phenoxy) is 1. The molecular formula is C21H38N6OS. The summed E-state index contributed by atoms with van der Waals surface area (Å²) in [6, 6.07) is 4.70. The molecular weight excluding hydrogens is 384 g/mol. The smallest absolute Gasteiger partial charge is 0.191 e. The fourth-order valence-corrected chi connectivity index (χ4v) is 4.78. The highest BCUT2D eigenvalue weighted by molar-refractivity contribution is 7.10. The third kappa shape index (κ3) is 7.53. The van der Waals surface area contributed by atoms with Crippen molar-refractivity contribution in [2.75, 3.05) is 85.7 Å². The Morgan fingerprint density at radius 1 is 1.17 bits per heavy atom. The zero-order valence-corrected chi connectivity index (χ0v) is 18.9. The van der Waals surface area contributed by atoms with Gasteiger partial charge in [0.2, 0.25) is 0 Å². The number of hydrogen-bond acceptors (Lipinski definition) is 6. The first-order valence-electron chi connectivity index (χ1n) is 11.0. The molecule has 0 saturated carbocycles. The Kier molecular flexibility index (Phi) is 9.69. The molecule has 2 aliphatic heterocycles. The van der Waals surface area contributed by atoms with E-state index in [-0.39, 0.29) is 0 Å². The summed E-state index contributed by atoms with van der Waals surface area (Å²) in [6.07, 6.45) is 1.26. The van der Waals surface area contributed by atoms with E-state index in [1.54, 1.807) is 0 Å². The summed E-state index contributed by atoms with van der Waals surface area (Å²) in [7, 11) is 2.22. The fraction of sp³-hybridized carbons (Fsp3) is 0.762. The van der Waals surface area contributed by atoms with Gasteiger partial charge in [-0.1, -0.05) is 6.07 Å². The molecule has 0 aliphatic carbocycles. The Morgan fingerprint density at radius 2 is 2.03 bits per heavy atom. The third-order valence-corrected chi connectivity index (χ3v) is 6.63. The SMILES string of the molecule is CCNC(=NCC(c1cccs1)N1CCOCC1)NCCN1CCCN(C)CC1. The van der Waals surface area contributed by atoms with Gasteiger partial charge in [-0.3, -0.25) is 9.89 Å². The van der Waals surface area contributed by atoms with Crippen LogP contribution in [0.1, 0.15) is 24.3 Å². The van der Waals surface area contributed by atoms with Gasteiger partial charge >= 0.3 is 0 Å². The van der Waals surface area contributed by atoms with Crippen molar-refractivity contribution in [1.82, 2.24) is 25.3 Å². The van der Waals surface area contributed by atoms with Crippen LogP contribution in [-0.2, 0) is 4.74 Å². The summed E-state index contributed by atoms with van der Waals surface area (Å²) in [5, 5.41) is 9.12. The van der Waals surface area contributed by atoms with Gasteiger partial charge in [-0.15, -0.1) is 11.3 Å². The standard InChI is InChI=1S/C21H38N6OS/c1-3-22-21(23-7-10-26-9-5-8-25(2)11-12-26)24-18-19(20-6-4-17-29-20)27-13-15-28-16-14-27/h4,6,17,19H,3,5,7-16,18H2,1-2H3,(H2,22,23,24). The molecule has 1 atom stereocenters. The summed E-state index contributed by atoms with van der Waals surface area (Å²) < 4.78 is 5.55. The van der Waals surface area contributed by atoms with Crippen LogP contribution < -0.4 is 10.6 Å². The van der Waals surface area contributed by atoms with E-state index in [1.165, 1.54) is 24.4 Å². The van der Waals surface area contributed by atoms with Crippen LogP contribution in [0.4, 0.5) is 0 Å². The molecule has 2 saturated heterocycles. The molecule has 2 aliphatic rings. The number of hydrogen-bond donors (Lipinski definition) is 2. The molecule has 29 heavy (non-hydrogen) atoms. The summed E-state index contributed by atoms with van der Waals surface area (Å²) in [6.45, 7) is 14.1. The molecule has 0 amide bonds. The van der Waals surface area contributed by atoms with E-state index in [9.17, 15) is 0 Å². The molecule has 8 heteroatoms. The lowest BCUT2D eigenvalue weighted by molar-refractivity contribution is 0.0186. The van der Waals surface area contributed by atoms with E-state index in [1.807, 2.05) is 11.3 Å². The first-order valence-corrected chi connectivity index (χ1v) is 11.9. The molecule has 0 bridgehead atoms. The molecule has 3 heterocycles. The Hall–Kier alpha value is -1.19. The van der Waals surface area contributed by atoms with E-state index >= 15 is 0 Å². The average Bonchev–Trinajstić information content (AvgIpc) is 3.19. The first-order chi connectivity index (χ1) is 14.3. The van der Waals surface area contributed by atoms with E-state index in [4.69, 9.17) is 9.73 Å². The lowest BCUT2D eigenvalue weighted by Gasteiger charge is -2.33. The summed E-state index contributed by atoms with van der Waals surface area (Å²) >= 11 is 1.83. The Labute approximate surface area is 180 Å². The van der Waals surface area contributed by atoms with Crippen molar-refractivity contribution in [3.8, 4) is 0 Å². The minimum Gasteiger partial charge on any atom is -0.379 e. The lowest BCUT2D eigenvalue weighted by Crippen LogP contribution is -2.43. The highest BCUT2D eigenvalue weighted by Crippen LogP contribution is 2.26. The van der Waals surface area contributed by atoms with Gasteiger partial charge in [-0.25, -0.2) is 0 Å². The molecule has 0 aromatic carbocycles. The minimum atomic E-state index is 0.329. The Morgan fingerprint density at radius 3 is 2.79 bits per heavy atom. The van der Waals surface area contributed by atoms with Crippen molar-refractivity contribution in [3.05, 3.63) is 22.4 Å². The van der Waals surface area contributed by atoms with Crippen molar-refractivity contribution >= 4 is 17.3 Å². The van der Waals surface area contributed by atoms with Gasteiger partial charge in [0.05, 0.1) is 25.8 Å². The van der Waals surface area contributed by atoms with Crippen molar-refractivity contribution in [2.45, 2.75) is 19.4 Å². The maximum atomic E-state index is 5.55. The average molecular weight is 423 g/mol. The van der Waals surface area contributed by atoms with Gasteiger partial charge in [0.25, 0.3) is 0 Å². The number of likely N-dealkylation sites (N-methyl/N-ethyl adjacent to an activating group) is 1. The van der Waals surface area contributed by atoms with Crippen LogP contribution in [0.25, 0.3) is 0 Å². The zero-order chi connectivity index (χ0) is 20.3. The van der Waals surface area contributed by atoms with Crippen molar-refractivity contribution in [2.24, 2.45) is 4.99 Å². The van der Waals surface area contributed by atoms with Crippen LogP contribution in [0.3, 0.4) is 0 Å². The third-order valence-electron chi connectivity index (χ3n) is 5.66. The molecule has 1 unspecified atom stereocenters. The van der Waals surface area contributed by atoms with Crippen LogP contribution in [0.15, 0.2) is 22.5 Å². The molecule has 7 nitrogen and oxygen atoms in total. The normalized spacial score (nSPS) is 21.7. The van der Waals surface area contributed by atoms with Crippen LogP contribution in [-0.4, -0.2) is 106 Å². The van der Waals surface area contributed by atoms with Crippen molar-refractivity contribution in [1.29, 1.82) is 0 Å². The van der Waals surface area contributed by atoms with E-state index < -0.39 is 0 Å². The van der Waals surface area contributed by atoms with E-state index in [0.29, 0.717) is 6.04 Å². The lowest BCUT2D eigenvalue weighted by atomic mass is 10.2. The first kappa shape index (κ1) is 22.5. The zero-order valence-electron chi connectivity index (χ0n) is 18.1. The van der Waals surface area contributed by atoms with Gasteiger partial charge < -0.3 is 25.2 Å². The molecule has 1 aromatic rings. The second-order valence-corrected chi connectivity index (χ2v) is 8.80. The van der Waals surface area contributed by atoms with Crippen LogP contribution in [0.5, 0.6) is 0 Å².